The lowest BCUT2D eigenvalue weighted by Gasteiger charge is -2.07. The average molecular weight is 400 g/mol. The van der Waals surface area contributed by atoms with E-state index in [-0.39, 0.29) is 11.5 Å². The molecule has 0 unspecified atom stereocenters. The summed E-state index contributed by atoms with van der Waals surface area (Å²) in [6.45, 7) is 5.85. The first kappa shape index (κ1) is 19.1. The number of hydrogen-bond donors (Lipinski definition) is 2. The summed E-state index contributed by atoms with van der Waals surface area (Å²) in [5.41, 5.74) is 9.80. The van der Waals surface area contributed by atoms with Gasteiger partial charge in [-0.15, -0.1) is 11.3 Å². The van der Waals surface area contributed by atoms with Crippen LogP contribution in [0.5, 0.6) is 0 Å². The number of nitrogens with zero attached hydrogens (tertiary/aromatic N) is 1. The van der Waals surface area contributed by atoms with E-state index in [9.17, 15) is 9.59 Å². The van der Waals surface area contributed by atoms with E-state index in [1.165, 1.54) is 35.1 Å². The molecule has 0 aliphatic heterocycles. The van der Waals surface area contributed by atoms with Crippen LogP contribution in [-0.2, 0) is 0 Å². The van der Waals surface area contributed by atoms with Crippen LogP contribution >= 0.6 is 22.9 Å². The van der Waals surface area contributed by atoms with Crippen molar-refractivity contribution in [3.63, 3.8) is 0 Å². The first-order chi connectivity index (χ1) is 12.8. The number of halogens is 1. The molecule has 0 bridgehead atoms. The molecule has 0 saturated carbocycles. The molecule has 138 valence electrons. The summed E-state index contributed by atoms with van der Waals surface area (Å²) in [6, 6.07) is 10.6. The summed E-state index contributed by atoms with van der Waals surface area (Å²) in [6.07, 6.45) is 0. The van der Waals surface area contributed by atoms with Gasteiger partial charge in [0.15, 0.2) is 0 Å². The van der Waals surface area contributed by atoms with E-state index in [1.807, 2.05) is 26.0 Å². The largest absolute Gasteiger partial charge is 0.366 e. The third kappa shape index (κ3) is 4.02. The lowest BCUT2D eigenvalue weighted by molar-refractivity contribution is 0.0996. The van der Waals surface area contributed by atoms with Crippen LogP contribution in [0.2, 0.25) is 5.02 Å². The Hall–Kier alpha value is -2.70. The smallest absolute Gasteiger partial charge is 0.267 e. The number of carbonyl (C=O) groups excluding carboxylic acids is 2. The number of nitrogens with one attached hydrogen (secondary N) is 1. The van der Waals surface area contributed by atoms with E-state index in [2.05, 4.69) is 16.4 Å². The van der Waals surface area contributed by atoms with E-state index >= 15 is 0 Å². The van der Waals surface area contributed by atoms with Crippen LogP contribution in [0, 0.1) is 20.8 Å². The molecule has 3 rings (SSSR count). The van der Waals surface area contributed by atoms with Crippen molar-refractivity contribution >= 4 is 40.4 Å². The molecule has 27 heavy (non-hydrogen) atoms. The number of hydrogen-bond acceptors (Lipinski definition) is 4. The Labute approximate surface area is 166 Å². The zero-order valence-electron chi connectivity index (χ0n) is 15.1. The quantitative estimate of drug-likeness (QED) is 0.664. The number of carbonyl (C=O) groups is 2. The van der Waals surface area contributed by atoms with Crippen molar-refractivity contribution in [1.29, 1.82) is 0 Å². The van der Waals surface area contributed by atoms with Gasteiger partial charge in [0.25, 0.3) is 5.91 Å². The molecule has 1 heterocycles. The van der Waals surface area contributed by atoms with Gasteiger partial charge in [0, 0.05) is 11.1 Å². The van der Waals surface area contributed by atoms with Crippen LogP contribution in [0.25, 0.3) is 10.6 Å². The first-order valence-electron chi connectivity index (χ1n) is 8.22. The van der Waals surface area contributed by atoms with E-state index in [4.69, 9.17) is 17.3 Å². The number of rotatable bonds is 4. The second kappa shape index (κ2) is 7.50. The Bertz CT molecular complexity index is 1060. The van der Waals surface area contributed by atoms with Crippen LogP contribution < -0.4 is 11.1 Å². The monoisotopic (exact) mass is 399 g/mol. The lowest BCUT2D eigenvalue weighted by Crippen LogP contribution is -2.14. The number of thiazole rings is 1. The highest BCUT2D eigenvalue weighted by Crippen LogP contribution is 2.32. The third-order valence-corrected chi connectivity index (χ3v) is 5.63. The number of amides is 2. The van der Waals surface area contributed by atoms with Crippen LogP contribution in [0.1, 0.15) is 36.9 Å². The number of primary amides is 1. The predicted molar refractivity (Wildman–Crippen MR) is 110 cm³/mol. The molecule has 3 aromatic rings. The summed E-state index contributed by atoms with van der Waals surface area (Å²) in [5, 5.41) is 3.85. The summed E-state index contributed by atoms with van der Waals surface area (Å²) in [5.74, 6) is -0.919. The van der Waals surface area contributed by atoms with Crippen molar-refractivity contribution in [2.75, 3.05) is 5.32 Å². The minimum Gasteiger partial charge on any atom is -0.366 e. The topological polar surface area (TPSA) is 85.1 Å². The van der Waals surface area contributed by atoms with Crippen molar-refractivity contribution in [2.24, 2.45) is 5.73 Å². The second-order valence-electron chi connectivity index (χ2n) is 6.26. The molecule has 2 aromatic carbocycles. The minimum absolute atomic E-state index is 0.270. The summed E-state index contributed by atoms with van der Waals surface area (Å²) in [7, 11) is 0. The molecule has 1 aromatic heterocycles. The molecule has 0 saturated heterocycles. The maximum atomic E-state index is 12.7. The first-order valence-corrected chi connectivity index (χ1v) is 9.41. The fourth-order valence-electron chi connectivity index (χ4n) is 2.73. The van der Waals surface area contributed by atoms with Crippen molar-refractivity contribution in [1.82, 2.24) is 4.98 Å². The molecule has 0 radical (unpaired) electrons. The van der Waals surface area contributed by atoms with Gasteiger partial charge in [-0.1, -0.05) is 35.4 Å². The molecule has 2 amide bonds. The average Bonchev–Trinajstić information content (AvgIpc) is 2.98. The maximum Gasteiger partial charge on any atom is 0.267 e. The van der Waals surface area contributed by atoms with Crippen LogP contribution in [-0.4, -0.2) is 16.8 Å². The van der Waals surface area contributed by atoms with E-state index < -0.39 is 5.91 Å². The number of aromatic nitrogens is 1. The van der Waals surface area contributed by atoms with Crippen LogP contribution in [0.15, 0.2) is 36.4 Å². The fourth-order valence-corrected chi connectivity index (χ4v) is 3.95. The predicted octanol–water partition coefficient (Wildman–Crippen LogP) is 4.74. The SMILES string of the molecule is Cc1ccc(-c2nc(C)c(C(=O)Nc3cc(C(N)=O)ccc3Cl)s2)c(C)c1. The standard InChI is InChI=1S/C20H18ClN3O2S/c1-10-4-6-14(11(2)8-10)20-23-12(3)17(27-20)19(26)24-16-9-13(18(22)25)5-7-15(16)21/h4-9H,1-3H3,(H2,22,25)(H,24,26). The number of aryl methyl sites for hydroxylation is 3. The maximum absolute atomic E-state index is 12.7. The van der Waals surface area contributed by atoms with Gasteiger partial charge in [0.1, 0.15) is 9.88 Å². The van der Waals surface area contributed by atoms with E-state index in [0.29, 0.717) is 21.3 Å². The van der Waals surface area contributed by atoms with E-state index in [1.54, 1.807) is 6.92 Å². The van der Waals surface area contributed by atoms with Gasteiger partial charge < -0.3 is 11.1 Å². The highest BCUT2D eigenvalue weighted by Gasteiger charge is 2.18. The zero-order chi connectivity index (χ0) is 19.7. The van der Waals surface area contributed by atoms with Gasteiger partial charge in [-0.05, 0) is 44.5 Å². The number of benzene rings is 2. The van der Waals surface area contributed by atoms with Gasteiger partial charge in [0.05, 0.1) is 16.4 Å². The van der Waals surface area contributed by atoms with Crippen molar-refractivity contribution in [2.45, 2.75) is 20.8 Å². The number of nitrogens with two attached hydrogens (primary N) is 1. The van der Waals surface area contributed by atoms with Crippen LogP contribution in [0.3, 0.4) is 0 Å². The molecule has 7 heteroatoms. The second-order valence-corrected chi connectivity index (χ2v) is 7.67. The molecule has 0 atom stereocenters. The molecular weight excluding hydrogens is 382 g/mol. The highest BCUT2D eigenvalue weighted by atomic mass is 35.5. The fraction of sp³-hybridized carbons (Fsp3) is 0.150. The Morgan fingerprint density at radius 3 is 2.52 bits per heavy atom. The highest BCUT2D eigenvalue weighted by molar-refractivity contribution is 7.17. The van der Waals surface area contributed by atoms with Crippen molar-refractivity contribution < 1.29 is 9.59 Å². The molecule has 0 fully saturated rings. The molecule has 0 spiro atoms. The summed E-state index contributed by atoms with van der Waals surface area (Å²) < 4.78 is 0. The zero-order valence-corrected chi connectivity index (χ0v) is 16.7. The van der Waals surface area contributed by atoms with Gasteiger partial charge in [-0.25, -0.2) is 4.98 Å². The lowest BCUT2D eigenvalue weighted by atomic mass is 10.1. The summed E-state index contributed by atoms with van der Waals surface area (Å²) in [4.78, 5) is 29.1. The van der Waals surface area contributed by atoms with Gasteiger partial charge >= 0.3 is 0 Å². The minimum atomic E-state index is -0.590. The molecular formula is C20H18ClN3O2S. The Morgan fingerprint density at radius 2 is 1.85 bits per heavy atom. The Kier molecular flexibility index (Phi) is 5.30. The normalized spacial score (nSPS) is 10.7. The van der Waals surface area contributed by atoms with Crippen LogP contribution in [0.4, 0.5) is 5.69 Å². The van der Waals surface area contributed by atoms with Gasteiger partial charge in [-0.2, -0.15) is 0 Å². The Balaban J connectivity index is 1.91. The Morgan fingerprint density at radius 1 is 1.11 bits per heavy atom. The van der Waals surface area contributed by atoms with Gasteiger partial charge in [0.2, 0.25) is 5.91 Å². The molecule has 0 aliphatic carbocycles. The molecule has 3 N–H and O–H groups in total. The number of anilines is 1. The van der Waals surface area contributed by atoms with E-state index in [0.717, 1.165) is 16.1 Å². The van der Waals surface area contributed by atoms with Gasteiger partial charge in [-0.3, -0.25) is 9.59 Å². The van der Waals surface area contributed by atoms with Crippen molar-refractivity contribution in [3.8, 4) is 10.6 Å². The summed E-state index contributed by atoms with van der Waals surface area (Å²) >= 11 is 7.45. The third-order valence-electron chi connectivity index (χ3n) is 4.11. The van der Waals surface area contributed by atoms with Crippen molar-refractivity contribution in [3.05, 3.63) is 68.7 Å². The molecule has 0 aliphatic rings. The molecule has 5 nitrogen and oxygen atoms in total.